The minimum absolute atomic E-state index is 0.0609. The number of rotatable bonds is 3. The Labute approximate surface area is 126 Å². The number of nitrogens with zero attached hydrogens (tertiary/aromatic N) is 1. The van der Waals surface area contributed by atoms with Gasteiger partial charge in [-0.15, -0.1) is 0 Å². The van der Waals surface area contributed by atoms with E-state index in [9.17, 15) is 13.2 Å². The summed E-state index contributed by atoms with van der Waals surface area (Å²) in [5, 5.41) is 0. The molecule has 1 saturated heterocycles. The van der Waals surface area contributed by atoms with Crippen LogP contribution in [0.2, 0.25) is 0 Å². The second-order valence-corrected chi connectivity index (χ2v) is 7.61. The Hall–Kier alpha value is -1.12. The van der Waals surface area contributed by atoms with Gasteiger partial charge in [-0.2, -0.15) is 4.31 Å². The summed E-state index contributed by atoms with van der Waals surface area (Å²) in [6, 6.07) is 4.63. The van der Waals surface area contributed by atoms with Crippen molar-refractivity contribution in [2.24, 2.45) is 11.7 Å². The van der Waals surface area contributed by atoms with E-state index in [1.165, 1.54) is 10.4 Å². The third-order valence-electron chi connectivity index (χ3n) is 3.38. The first-order valence-corrected chi connectivity index (χ1v) is 8.40. The molecule has 1 fully saturated rings. The molecule has 4 N–H and O–H groups in total. The van der Waals surface area contributed by atoms with Crippen LogP contribution in [0.15, 0.2) is 27.6 Å². The fraction of sp³-hybridized carbons (Fsp3) is 0.417. The average Bonchev–Trinajstić information content (AvgIpc) is 2.38. The number of carbonyl (C=O) groups excluding carboxylic acids is 1. The van der Waals surface area contributed by atoms with Crippen LogP contribution in [0.4, 0.5) is 5.69 Å². The molecule has 0 aromatic heterocycles. The van der Waals surface area contributed by atoms with Crippen molar-refractivity contribution in [2.45, 2.75) is 17.7 Å². The Bertz CT molecular complexity index is 633. The Balaban J connectivity index is 2.32. The normalized spacial score (nSPS) is 20.8. The number of anilines is 1. The molecule has 0 aliphatic carbocycles. The van der Waals surface area contributed by atoms with Crippen molar-refractivity contribution < 1.29 is 13.2 Å². The largest absolute Gasteiger partial charge is 0.398 e. The Kier molecular flexibility index (Phi) is 4.36. The van der Waals surface area contributed by atoms with Crippen LogP contribution in [-0.2, 0) is 14.8 Å². The molecule has 1 atom stereocenters. The predicted molar refractivity (Wildman–Crippen MR) is 79.2 cm³/mol. The summed E-state index contributed by atoms with van der Waals surface area (Å²) in [7, 11) is -3.70. The SMILES string of the molecule is NC(=O)C1CCCN(S(=O)(=O)c2ccc(Br)cc2N)C1. The average molecular weight is 362 g/mol. The second-order valence-electron chi connectivity index (χ2n) is 4.79. The quantitative estimate of drug-likeness (QED) is 0.780. The fourth-order valence-corrected chi connectivity index (χ4v) is 4.29. The third-order valence-corrected chi connectivity index (χ3v) is 5.81. The smallest absolute Gasteiger partial charge is 0.245 e. The van der Waals surface area contributed by atoms with Gasteiger partial charge in [0.15, 0.2) is 0 Å². The van der Waals surface area contributed by atoms with Crippen LogP contribution in [0.3, 0.4) is 0 Å². The van der Waals surface area contributed by atoms with Gasteiger partial charge in [-0.1, -0.05) is 15.9 Å². The lowest BCUT2D eigenvalue weighted by molar-refractivity contribution is -0.122. The number of piperidine rings is 1. The van der Waals surface area contributed by atoms with Gasteiger partial charge in [0, 0.05) is 17.6 Å². The van der Waals surface area contributed by atoms with Crippen LogP contribution < -0.4 is 11.5 Å². The van der Waals surface area contributed by atoms with Gasteiger partial charge in [0.2, 0.25) is 15.9 Å². The van der Waals surface area contributed by atoms with E-state index in [0.29, 0.717) is 23.9 Å². The molecule has 20 heavy (non-hydrogen) atoms. The number of nitrogens with two attached hydrogens (primary N) is 2. The van der Waals surface area contributed by atoms with Crippen molar-refractivity contribution in [1.29, 1.82) is 0 Å². The standard InChI is InChI=1S/C12H16BrN3O3S/c13-9-3-4-11(10(14)6-9)20(18,19)16-5-1-2-8(7-16)12(15)17/h3-4,6,8H,1-2,5,7,14H2,(H2,15,17). The predicted octanol–water partition coefficient (Wildman–Crippen LogP) is 0.917. The van der Waals surface area contributed by atoms with E-state index < -0.39 is 21.8 Å². The van der Waals surface area contributed by atoms with Gasteiger partial charge in [0.05, 0.1) is 11.6 Å². The van der Waals surface area contributed by atoms with Crippen LogP contribution in [-0.4, -0.2) is 31.7 Å². The molecule has 0 saturated carbocycles. The van der Waals surface area contributed by atoms with Crippen LogP contribution in [0, 0.1) is 5.92 Å². The lowest BCUT2D eigenvalue weighted by Gasteiger charge is -2.30. The Morgan fingerprint density at radius 3 is 2.70 bits per heavy atom. The highest BCUT2D eigenvalue weighted by Crippen LogP contribution is 2.28. The number of sulfonamides is 1. The van der Waals surface area contributed by atoms with Gasteiger partial charge in [0.25, 0.3) is 0 Å². The molecule has 1 aliphatic heterocycles. The zero-order valence-electron chi connectivity index (χ0n) is 10.8. The lowest BCUT2D eigenvalue weighted by atomic mass is 9.99. The van der Waals surface area contributed by atoms with Crippen molar-refractivity contribution in [3.63, 3.8) is 0 Å². The number of nitrogen functional groups attached to an aromatic ring is 1. The lowest BCUT2D eigenvalue weighted by Crippen LogP contribution is -2.44. The van der Waals surface area contributed by atoms with Gasteiger partial charge in [-0.3, -0.25) is 4.79 Å². The van der Waals surface area contributed by atoms with Crippen molar-refractivity contribution in [1.82, 2.24) is 4.31 Å². The van der Waals surface area contributed by atoms with Crippen molar-refractivity contribution in [2.75, 3.05) is 18.8 Å². The minimum atomic E-state index is -3.70. The summed E-state index contributed by atoms with van der Waals surface area (Å²) in [6.45, 7) is 0.495. The molecule has 0 spiro atoms. The molecule has 0 radical (unpaired) electrons. The monoisotopic (exact) mass is 361 g/mol. The number of carbonyl (C=O) groups is 1. The zero-order chi connectivity index (χ0) is 14.9. The summed E-state index contributed by atoms with van der Waals surface area (Å²) < 4.78 is 27.1. The molecular weight excluding hydrogens is 346 g/mol. The van der Waals surface area contributed by atoms with Gasteiger partial charge in [0.1, 0.15) is 4.90 Å². The fourth-order valence-electron chi connectivity index (χ4n) is 2.29. The maximum absolute atomic E-state index is 12.6. The molecule has 110 valence electrons. The molecule has 1 amide bonds. The number of primary amides is 1. The molecule has 1 aromatic rings. The first-order valence-electron chi connectivity index (χ1n) is 6.17. The van der Waals surface area contributed by atoms with Gasteiger partial charge in [-0.25, -0.2) is 8.42 Å². The molecule has 1 unspecified atom stereocenters. The number of halogens is 1. The van der Waals surface area contributed by atoms with Gasteiger partial charge in [-0.05, 0) is 31.0 Å². The van der Waals surface area contributed by atoms with Crippen molar-refractivity contribution >= 4 is 37.5 Å². The minimum Gasteiger partial charge on any atom is -0.398 e. The van der Waals surface area contributed by atoms with Crippen LogP contribution in [0.1, 0.15) is 12.8 Å². The topological polar surface area (TPSA) is 106 Å². The Morgan fingerprint density at radius 1 is 1.40 bits per heavy atom. The van der Waals surface area contributed by atoms with E-state index in [1.54, 1.807) is 12.1 Å². The number of hydrogen-bond acceptors (Lipinski definition) is 4. The van der Waals surface area contributed by atoms with E-state index in [-0.39, 0.29) is 17.1 Å². The summed E-state index contributed by atoms with van der Waals surface area (Å²) in [5.41, 5.74) is 11.2. The zero-order valence-corrected chi connectivity index (χ0v) is 13.2. The number of benzene rings is 1. The van der Waals surface area contributed by atoms with Crippen molar-refractivity contribution in [3.05, 3.63) is 22.7 Å². The van der Waals surface area contributed by atoms with E-state index in [2.05, 4.69) is 15.9 Å². The second kappa shape index (κ2) is 5.71. The molecule has 1 heterocycles. The van der Waals surface area contributed by atoms with E-state index in [1.807, 2.05) is 0 Å². The Morgan fingerprint density at radius 2 is 2.10 bits per heavy atom. The summed E-state index contributed by atoms with van der Waals surface area (Å²) in [5.74, 6) is -0.899. The van der Waals surface area contributed by atoms with Crippen LogP contribution >= 0.6 is 15.9 Å². The maximum atomic E-state index is 12.6. The highest BCUT2D eigenvalue weighted by atomic mass is 79.9. The molecule has 8 heteroatoms. The summed E-state index contributed by atoms with van der Waals surface area (Å²) >= 11 is 3.24. The van der Waals surface area contributed by atoms with Crippen LogP contribution in [0.25, 0.3) is 0 Å². The molecule has 1 aliphatic rings. The number of amides is 1. The molecule has 2 rings (SSSR count). The highest BCUT2D eigenvalue weighted by molar-refractivity contribution is 9.10. The first-order chi connectivity index (χ1) is 9.32. The van der Waals surface area contributed by atoms with E-state index in [0.717, 1.165) is 0 Å². The molecule has 6 nitrogen and oxygen atoms in total. The van der Waals surface area contributed by atoms with Gasteiger partial charge >= 0.3 is 0 Å². The number of hydrogen-bond donors (Lipinski definition) is 2. The van der Waals surface area contributed by atoms with Crippen molar-refractivity contribution in [3.8, 4) is 0 Å². The summed E-state index contributed by atoms with van der Waals surface area (Å²) in [6.07, 6.45) is 1.24. The summed E-state index contributed by atoms with van der Waals surface area (Å²) in [4.78, 5) is 11.3. The molecule has 1 aromatic carbocycles. The molecular formula is C12H16BrN3O3S. The molecule has 0 bridgehead atoms. The van der Waals surface area contributed by atoms with E-state index >= 15 is 0 Å². The highest BCUT2D eigenvalue weighted by Gasteiger charge is 2.33. The van der Waals surface area contributed by atoms with E-state index in [4.69, 9.17) is 11.5 Å². The van der Waals surface area contributed by atoms with Gasteiger partial charge < -0.3 is 11.5 Å². The van der Waals surface area contributed by atoms with Crippen LogP contribution in [0.5, 0.6) is 0 Å². The third kappa shape index (κ3) is 2.97. The first kappa shape index (κ1) is 15.3. The maximum Gasteiger partial charge on any atom is 0.245 e.